The molecule has 0 atom stereocenters. The molecular formula is C57H33N3O. The Morgan fingerprint density at radius 3 is 1.52 bits per heavy atom. The Labute approximate surface area is 350 Å². The van der Waals surface area contributed by atoms with Gasteiger partial charge in [-0.05, 0) is 85.6 Å². The Hall–Kier alpha value is -8.21. The zero-order valence-electron chi connectivity index (χ0n) is 32.8. The molecule has 0 bridgehead atoms. The van der Waals surface area contributed by atoms with Crippen LogP contribution in [0.3, 0.4) is 0 Å². The molecule has 0 aliphatic rings. The molecule has 4 nitrogen and oxygen atoms in total. The van der Waals surface area contributed by atoms with Crippen molar-refractivity contribution in [3.63, 3.8) is 0 Å². The van der Waals surface area contributed by atoms with Crippen LogP contribution in [0, 0.1) is 0 Å². The van der Waals surface area contributed by atoms with E-state index in [-0.39, 0.29) is 0 Å². The smallest absolute Gasteiger partial charge is 0.160 e. The van der Waals surface area contributed by atoms with E-state index in [4.69, 9.17) is 19.4 Å². The van der Waals surface area contributed by atoms with Crippen molar-refractivity contribution in [2.75, 3.05) is 0 Å². The molecule has 0 amide bonds. The first-order chi connectivity index (χ1) is 30.2. The highest BCUT2D eigenvalue weighted by atomic mass is 16.3. The van der Waals surface area contributed by atoms with E-state index in [1.54, 1.807) is 0 Å². The highest BCUT2D eigenvalue weighted by Gasteiger charge is 2.20. The summed E-state index contributed by atoms with van der Waals surface area (Å²) in [6, 6.07) is 70.8. The van der Waals surface area contributed by atoms with Crippen molar-refractivity contribution < 1.29 is 4.42 Å². The lowest BCUT2D eigenvalue weighted by Gasteiger charge is -2.15. The number of rotatable bonds is 4. The molecule has 0 aliphatic carbocycles. The topological polar surface area (TPSA) is 51.8 Å². The lowest BCUT2D eigenvalue weighted by molar-refractivity contribution is 0.673. The van der Waals surface area contributed by atoms with Gasteiger partial charge in [0.05, 0.1) is 22.6 Å². The summed E-state index contributed by atoms with van der Waals surface area (Å²) < 4.78 is 6.63. The first-order valence-corrected chi connectivity index (χ1v) is 20.7. The molecule has 0 unspecified atom stereocenters. The first kappa shape index (κ1) is 33.7. The predicted molar refractivity (Wildman–Crippen MR) is 254 cm³/mol. The number of fused-ring (bicyclic) bond motifs is 13. The lowest BCUT2D eigenvalue weighted by atomic mass is 9.93. The van der Waals surface area contributed by atoms with E-state index >= 15 is 0 Å². The van der Waals surface area contributed by atoms with Crippen LogP contribution in [0.25, 0.3) is 132 Å². The van der Waals surface area contributed by atoms with E-state index in [1.165, 1.54) is 32.3 Å². The third-order valence-electron chi connectivity index (χ3n) is 12.4. The van der Waals surface area contributed by atoms with Crippen LogP contribution in [-0.4, -0.2) is 15.0 Å². The summed E-state index contributed by atoms with van der Waals surface area (Å²) in [4.78, 5) is 16.3. The number of hydrogen-bond donors (Lipinski definition) is 0. The molecule has 13 aromatic rings. The minimum Gasteiger partial charge on any atom is -0.455 e. The van der Waals surface area contributed by atoms with Gasteiger partial charge in [0.2, 0.25) is 0 Å². The maximum Gasteiger partial charge on any atom is 0.160 e. The van der Waals surface area contributed by atoms with E-state index in [0.717, 1.165) is 93.7 Å². The molecule has 10 aromatic carbocycles. The zero-order chi connectivity index (χ0) is 40.0. The van der Waals surface area contributed by atoms with Gasteiger partial charge in [-0.3, -0.25) is 0 Å². The summed E-state index contributed by atoms with van der Waals surface area (Å²) in [6.07, 6.45) is 0. The first-order valence-electron chi connectivity index (χ1n) is 20.7. The number of pyridine rings is 1. The fourth-order valence-electron chi connectivity index (χ4n) is 9.63. The minimum absolute atomic E-state index is 0.647. The van der Waals surface area contributed by atoms with Crippen LogP contribution >= 0.6 is 0 Å². The number of hydrogen-bond acceptors (Lipinski definition) is 4. The van der Waals surface area contributed by atoms with E-state index in [1.807, 2.05) is 18.2 Å². The molecule has 0 aliphatic heterocycles. The van der Waals surface area contributed by atoms with Gasteiger partial charge in [-0.1, -0.05) is 158 Å². The van der Waals surface area contributed by atoms with Gasteiger partial charge in [0.25, 0.3) is 0 Å². The van der Waals surface area contributed by atoms with Crippen LogP contribution in [-0.2, 0) is 0 Å². The molecule has 0 radical (unpaired) electrons. The van der Waals surface area contributed by atoms with Crippen molar-refractivity contribution in [3.05, 3.63) is 200 Å². The molecule has 3 heterocycles. The predicted octanol–water partition coefficient (Wildman–Crippen LogP) is 15.4. The van der Waals surface area contributed by atoms with Crippen LogP contribution in [0.2, 0.25) is 0 Å². The second-order valence-corrected chi connectivity index (χ2v) is 15.9. The average Bonchev–Trinajstić information content (AvgIpc) is 3.72. The third-order valence-corrected chi connectivity index (χ3v) is 12.4. The number of furan rings is 1. The van der Waals surface area contributed by atoms with Gasteiger partial charge in [0.1, 0.15) is 11.2 Å². The average molecular weight is 776 g/mol. The SMILES string of the molecule is c1cc(-c2nc(-c3cc4ccccc4c4ccccc34)cc(-c3cc4ccccc4c4ccccc34)n2)cc(-c2nc3ccccc3c3c2ccc2c4ccccc4oc23)c1. The molecule has 3 aromatic heterocycles. The highest BCUT2D eigenvalue weighted by molar-refractivity contribution is 6.25. The number of aromatic nitrogens is 3. The van der Waals surface area contributed by atoms with Crippen LogP contribution in [0.1, 0.15) is 0 Å². The maximum absolute atomic E-state index is 6.63. The molecular weight excluding hydrogens is 743 g/mol. The summed E-state index contributed by atoms with van der Waals surface area (Å²) in [7, 11) is 0. The fourth-order valence-corrected chi connectivity index (χ4v) is 9.63. The largest absolute Gasteiger partial charge is 0.455 e. The molecule has 0 spiro atoms. The van der Waals surface area contributed by atoms with E-state index in [9.17, 15) is 0 Å². The van der Waals surface area contributed by atoms with Crippen molar-refractivity contribution in [1.82, 2.24) is 15.0 Å². The molecule has 13 rings (SSSR count). The monoisotopic (exact) mass is 775 g/mol. The Balaban J connectivity index is 1.08. The van der Waals surface area contributed by atoms with E-state index in [0.29, 0.717) is 5.82 Å². The molecule has 0 N–H and O–H groups in total. The van der Waals surface area contributed by atoms with Gasteiger partial charge in [-0.25, -0.2) is 15.0 Å². The molecule has 0 saturated heterocycles. The highest BCUT2D eigenvalue weighted by Crippen LogP contribution is 2.43. The van der Waals surface area contributed by atoms with Crippen LogP contribution < -0.4 is 0 Å². The fraction of sp³-hybridized carbons (Fsp3) is 0. The molecule has 282 valence electrons. The summed E-state index contributed by atoms with van der Waals surface area (Å²) in [5, 5.41) is 14.8. The summed E-state index contributed by atoms with van der Waals surface area (Å²) >= 11 is 0. The van der Waals surface area contributed by atoms with Crippen molar-refractivity contribution in [1.29, 1.82) is 0 Å². The van der Waals surface area contributed by atoms with Crippen LogP contribution in [0.15, 0.2) is 205 Å². The number of benzene rings is 10. The second kappa shape index (κ2) is 13.2. The van der Waals surface area contributed by atoms with E-state index in [2.05, 4.69) is 182 Å². The summed E-state index contributed by atoms with van der Waals surface area (Å²) in [5.41, 5.74) is 9.30. The van der Waals surface area contributed by atoms with E-state index < -0.39 is 0 Å². The normalized spacial score (nSPS) is 11.9. The Bertz CT molecular complexity index is 3820. The minimum atomic E-state index is 0.647. The lowest BCUT2D eigenvalue weighted by Crippen LogP contribution is -1.98. The Morgan fingerprint density at radius 2 is 0.852 bits per heavy atom. The van der Waals surface area contributed by atoms with Gasteiger partial charge in [0, 0.05) is 49.2 Å². The van der Waals surface area contributed by atoms with Crippen LogP contribution in [0.5, 0.6) is 0 Å². The van der Waals surface area contributed by atoms with Gasteiger partial charge in [0.15, 0.2) is 5.82 Å². The Kier molecular flexibility index (Phi) is 7.27. The quantitative estimate of drug-likeness (QED) is 0.167. The van der Waals surface area contributed by atoms with Gasteiger partial charge < -0.3 is 4.42 Å². The maximum atomic E-state index is 6.63. The number of para-hydroxylation sites is 2. The van der Waals surface area contributed by atoms with Crippen molar-refractivity contribution in [2.24, 2.45) is 0 Å². The van der Waals surface area contributed by atoms with Crippen LogP contribution in [0.4, 0.5) is 0 Å². The van der Waals surface area contributed by atoms with Gasteiger partial charge in [-0.15, -0.1) is 0 Å². The van der Waals surface area contributed by atoms with Crippen molar-refractivity contribution in [3.8, 4) is 45.2 Å². The van der Waals surface area contributed by atoms with Gasteiger partial charge in [-0.2, -0.15) is 0 Å². The molecule has 0 fully saturated rings. The number of nitrogens with zero attached hydrogens (tertiary/aromatic N) is 3. The molecule has 0 saturated carbocycles. The third kappa shape index (κ3) is 5.22. The van der Waals surface area contributed by atoms with Crippen molar-refractivity contribution in [2.45, 2.75) is 0 Å². The Morgan fingerprint density at radius 1 is 0.328 bits per heavy atom. The van der Waals surface area contributed by atoms with Crippen molar-refractivity contribution >= 4 is 86.7 Å². The summed E-state index contributed by atoms with van der Waals surface area (Å²) in [6.45, 7) is 0. The summed E-state index contributed by atoms with van der Waals surface area (Å²) in [5.74, 6) is 0.647. The zero-order valence-corrected chi connectivity index (χ0v) is 32.8. The van der Waals surface area contributed by atoms with Gasteiger partial charge >= 0.3 is 0 Å². The standard InChI is InChI=1S/C57H33N3O/c1-3-18-38-34(14-1)31-48(42-22-7-5-20-40(38)42)51-33-52(49-32-35-15-2-4-19-39(35)41-21-6-8-23-43(41)49)60-57(59-51)37-17-13-16-36(30-37)55-47-29-28-45-44-24-10-12-27-53(44)61-56(45)54(47)46-25-9-11-26-50(46)58-55/h1-33H. The second-order valence-electron chi connectivity index (χ2n) is 15.9. The molecule has 4 heteroatoms. The molecule has 61 heavy (non-hydrogen) atoms.